The number of aliphatic hydroxyl groups excluding tert-OH is 1. The molecule has 0 rings (SSSR count). The standard InChI is InChI=1S/C65H131N2O6P/c1-6-8-10-12-14-16-18-20-22-24-26-28-29-30-31-32-33-34-35-36-37-39-40-42-44-46-48-50-52-54-56-58-64(68)63(62-73-74(70,71)72-61-60-67(3,4)5)66-65(69)59-57-55-53-51-49-47-45-43-41-38-27-25-23-21-19-17-15-13-11-9-7-2/h25,27,63-64,68H,6-24,26,28-62H2,1-5H3,(H-,66,69,70,71)/p+1/b27-25-. The zero-order valence-electron chi connectivity index (χ0n) is 50.6. The summed E-state index contributed by atoms with van der Waals surface area (Å²) in [6.07, 6.45) is 71.6. The van der Waals surface area contributed by atoms with E-state index in [9.17, 15) is 19.4 Å². The summed E-state index contributed by atoms with van der Waals surface area (Å²) in [5.74, 6) is -0.140. The van der Waals surface area contributed by atoms with Gasteiger partial charge in [-0.05, 0) is 38.5 Å². The van der Waals surface area contributed by atoms with Crippen molar-refractivity contribution in [3.63, 3.8) is 0 Å². The lowest BCUT2D eigenvalue weighted by Gasteiger charge is -2.26. The number of quaternary nitrogens is 1. The minimum Gasteiger partial charge on any atom is -0.391 e. The van der Waals surface area contributed by atoms with Gasteiger partial charge in [-0.25, -0.2) is 4.57 Å². The number of likely N-dealkylation sites (N-methyl/N-ethyl adjacent to an activating group) is 1. The van der Waals surface area contributed by atoms with Gasteiger partial charge in [0.2, 0.25) is 5.91 Å². The van der Waals surface area contributed by atoms with Gasteiger partial charge in [-0.2, -0.15) is 0 Å². The SMILES string of the molecule is CCCCCCCCCC/C=C\CCCCCCCCCCCC(=O)NC(COP(=O)(O)OCC[N+](C)(C)C)C(O)CCCCCCCCCCCCCCCCCCCCCCCCCCCCCCCCC. The minimum absolute atomic E-state index is 0.0770. The Bertz CT molecular complexity index is 1210. The van der Waals surface area contributed by atoms with E-state index in [0.717, 1.165) is 38.5 Å². The molecule has 0 saturated heterocycles. The van der Waals surface area contributed by atoms with Crippen LogP contribution in [0, 0.1) is 0 Å². The van der Waals surface area contributed by atoms with E-state index >= 15 is 0 Å². The molecular formula is C65H132N2O6P+. The number of phosphoric ester groups is 1. The second-order valence-corrected chi connectivity index (χ2v) is 25.7. The van der Waals surface area contributed by atoms with Crippen molar-refractivity contribution in [2.75, 3.05) is 40.9 Å². The molecule has 3 unspecified atom stereocenters. The van der Waals surface area contributed by atoms with E-state index < -0.39 is 20.0 Å². The van der Waals surface area contributed by atoms with Crippen LogP contribution in [0.3, 0.4) is 0 Å². The zero-order valence-corrected chi connectivity index (χ0v) is 51.5. The Hall–Kier alpha value is -0.760. The Morgan fingerprint density at radius 2 is 0.730 bits per heavy atom. The molecule has 442 valence electrons. The van der Waals surface area contributed by atoms with Gasteiger partial charge in [0.1, 0.15) is 13.2 Å². The number of hydrogen-bond acceptors (Lipinski definition) is 5. The third kappa shape index (κ3) is 58.9. The molecule has 0 aromatic carbocycles. The number of aliphatic hydroxyl groups is 1. The molecule has 0 bridgehead atoms. The van der Waals surface area contributed by atoms with Crippen LogP contribution in [0.15, 0.2) is 12.2 Å². The van der Waals surface area contributed by atoms with Crippen molar-refractivity contribution < 1.29 is 32.9 Å². The van der Waals surface area contributed by atoms with Crippen LogP contribution in [-0.4, -0.2) is 73.4 Å². The Balaban J connectivity index is 4.02. The van der Waals surface area contributed by atoms with Gasteiger partial charge in [0, 0.05) is 6.42 Å². The Labute approximate surface area is 462 Å². The quantitative estimate of drug-likeness (QED) is 0.0243. The number of phosphoric acid groups is 1. The highest BCUT2D eigenvalue weighted by Gasteiger charge is 2.28. The number of nitrogens with one attached hydrogen (secondary N) is 1. The summed E-state index contributed by atoms with van der Waals surface area (Å²) in [6, 6.07) is -0.760. The van der Waals surface area contributed by atoms with Crippen LogP contribution in [0.1, 0.15) is 348 Å². The number of hydrogen-bond donors (Lipinski definition) is 3. The smallest absolute Gasteiger partial charge is 0.391 e. The van der Waals surface area contributed by atoms with E-state index in [0.29, 0.717) is 23.9 Å². The molecule has 0 spiro atoms. The second kappa shape index (κ2) is 56.9. The predicted molar refractivity (Wildman–Crippen MR) is 323 cm³/mol. The molecule has 0 aromatic heterocycles. The lowest BCUT2D eigenvalue weighted by molar-refractivity contribution is -0.870. The van der Waals surface area contributed by atoms with E-state index in [1.807, 2.05) is 21.1 Å². The van der Waals surface area contributed by atoms with Crippen LogP contribution in [0.4, 0.5) is 0 Å². The maximum absolute atomic E-state index is 13.0. The van der Waals surface area contributed by atoms with Gasteiger partial charge in [-0.3, -0.25) is 13.8 Å². The highest BCUT2D eigenvalue weighted by atomic mass is 31.2. The van der Waals surface area contributed by atoms with E-state index in [2.05, 4.69) is 31.3 Å². The molecule has 0 aliphatic carbocycles. The number of allylic oxidation sites excluding steroid dienone is 2. The summed E-state index contributed by atoms with van der Waals surface area (Å²) in [5, 5.41) is 14.1. The van der Waals surface area contributed by atoms with E-state index in [-0.39, 0.29) is 19.1 Å². The van der Waals surface area contributed by atoms with E-state index in [4.69, 9.17) is 9.05 Å². The van der Waals surface area contributed by atoms with Gasteiger partial charge in [-0.1, -0.05) is 315 Å². The molecule has 74 heavy (non-hydrogen) atoms. The van der Waals surface area contributed by atoms with Gasteiger partial charge in [-0.15, -0.1) is 0 Å². The summed E-state index contributed by atoms with van der Waals surface area (Å²) in [6.45, 7) is 4.95. The Kier molecular flexibility index (Phi) is 56.4. The largest absolute Gasteiger partial charge is 0.472 e. The van der Waals surface area contributed by atoms with Crippen LogP contribution < -0.4 is 5.32 Å². The van der Waals surface area contributed by atoms with Gasteiger partial charge >= 0.3 is 7.82 Å². The molecule has 3 atom stereocenters. The van der Waals surface area contributed by atoms with Crippen molar-refractivity contribution in [3.8, 4) is 0 Å². The highest BCUT2D eigenvalue weighted by molar-refractivity contribution is 7.47. The monoisotopic (exact) mass is 1070 g/mol. The second-order valence-electron chi connectivity index (χ2n) is 24.2. The molecular weight excluding hydrogens is 936 g/mol. The molecule has 0 aliphatic rings. The number of carbonyl (C=O) groups is 1. The molecule has 0 heterocycles. The summed E-state index contributed by atoms with van der Waals surface area (Å²) in [5.41, 5.74) is 0. The molecule has 9 heteroatoms. The molecule has 1 amide bonds. The Morgan fingerprint density at radius 3 is 1.04 bits per heavy atom. The number of nitrogens with zero attached hydrogens (tertiary/aromatic N) is 1. The summed E-state index contributed by atoms with van der Waals surface area (Å²) in [4.78, 5) is 23.4. The minimum atomic E-state index is -4.33. The molecule has 0 radical (unpaired) electrons. The first-order valence-electron chi connectivity index (χ1n) is 33.1. The third-order valence-corrected chi connectivity index (χ3v) is 16.5. The van der Waals surface area contributed by atoms with E-state index in [1.165, 1.54) is 283 Å². The van der Waals surface area contributed by atoms with Gasteiger partial charge in [0.05, 0.1) is 39.9 Å². The molecule has 0 aliphatic heterocycles. The highest BCUT2D eigenvalue weighted by Crippen LogP contribution is 2.43. The average molecular weight is 1070 g/mol. The lowest BCUT2D eigenvalue weighted by atomic mass is 10.0. The van der Waals surface area contributed by atoms with Crippen molar-refractivity contribution in [2.24, 2.45) is 0 Å². The van der Waals surface area contributed by atoms with Gasteiger partial charge < -0.3 is 19.8 Å². The van der Waals surface area contributed by atoms with Crippen LogP contribution in [0.5, 0.6) is 0 Å². The van der Waals surface area contributed by atoms with Crippen molar-refractivity contribution in [1.82, 2.24) is 5.32 Å². The van der Waals surface area contributed by atoms with Crippen LogP contribution in [-0.2, 0) is 18.4 Å². The number of carbonyl (C=O) groups excluding carboxylic acids is 1. The molecule has 8 nitrogen and oxygen atoms in total. The normalized spacial score (nSPS) is 13.8. The van der Waals surface area contributed by atoms with Crippen molar-refractivity contribution in [3.05, 3.63) is 12.2 Å². The summed E-state index contributed by atoms with van der Waals surface area (Å²) >= 11 is 0. The first-order chi connectivity index (χ1) is 36.0. The third-order valence-electron chi connectivity index (χ3n) is 15.5. The zero-order chi connectivity index (χ0) is 54.2. The van der Waals surface area contributed by atoms with Crippen molar-refractivity contribution >= 4 is 13.7 Å². The van der Waals surface area contributed by atoms with Crippen molar-refractivity contribution in [2.45, 2.75) is 360 Å². The molecule has 0 aromatic rings. The Morgan fingerprint density at radius 1 is 0.446 bits per heavy atom. The van der Waals surface area contributed by atoms with Crippen molar-refractivity contribution in [1.29, 1.82) is 0 Å². The number of amides is 1. The lowest BCUT2D eigenvalue weighted by Crippen LogP contribution is -2.46. The number of rotatable bonds is 62. The topological polar surface area (TPSA) is 105 Å². The average Bonchev–Trinajstić information content (AvgIpc) is 3.36. The van der Waals surface area contributed by atoms with Crippen LogP contribution >= 0.6 is 7.82 Å². The predicted octanol–water partition coefficient (Wildman–Crippen LogP) is 20.6. The number of unbranched alkanes of at least 4 members (excludes halogenated alkanes) is 47. The molecule has 0 fully saturated rings. The first-order valence-corrected chi connectivity index (χ1v) is 34.5. The van der Waals surface area contributed by atoms with E-state index in [1.54, 1.807) is 0 Å². The fourth-order valence-corrected chi connectivity index (χ4v) is 11.1. The fraction of sp³-hybridized carbons (Fsp3) is 0.954. The van der Waals surface area contributed by atoms with Gasteiger partial charge in [0.15, 0.2) is 0 Å². The summed E-state index contributed by atoms with van der Waals surface area (Å²) < 4.78 is 23.9. The molecule has 0 saturated carbocycles. The van der Waals surface area contributed by atoms with Crippen LogP contribution in [0.25, 0.3) is 0 Å². The van der Waals surface area contributed by atoms with Crippen LogP contribution in [0.2, 0.25) is 0 Å². The van der Waals surface area contributed by atoms with Gasteiger partial charge in [0.25, 0.3) is 0 Å². The maximum Gasteiger partial charge on any atom is 0.472 e. The first kappa shape index (κ1) is 73.2. The molecule has 3 N–H and O–H groups in total. The fourth-order valence-electron chi connectivity index (χ4n) is 10.3. The maximum atomic E-state index is 13.0. The summed E-state index contributed by atoms with van der Waals surface area (Å²) in [7, 11) is 1.63.